The zero-order valence-electron chi connectivity index (χ0n) is 26.5. The largest absolute Gasteiger partial charge is 0.279 e. The molecule has 1 aliphatic heterocycles. The van der Waals surface area contributed by atoms with E-state index in [2.05, 4.69) is 192 Å². The number of nitrogens with zero attached hydrogens (tertiary/aromatic N) is 1. The Morgan fingerprint density at radius 3 is 1.27 bits per heavy atom. The van der Waals surface area contributed by atoms with Crippen molar-refractivity contribution in [3.8, 4) is 44.8 Å². The van der Waals surface area contributed by atoms with Crippen LogP contribution in [0.3, 0.4) is 0 Å². The molecule has 2 unspecified atom stereocenters. The van der Waals surface area contributed by atoms with Crippen LogP contribution in [0.1, 0.15) is 35.2 Å². The van der Waals surface area contributed by atoms with Crippen molar-refractivity contribution >= 4 is 0 Å². The van der Waals surface area contributed by atoms with Crippen LogP contribution in [0.5, 0.6) is 0 Å². The number of aromatic nitrogens is 1. The Kier molecular flexibility index (Phi) is 8.43. The first kappa shape index (κ1) is 29.7. The van der Waals surface area contributed by atoms with E-state index in [0.29, 0.717) is 0 Å². The molecule has 3 N–H and O–H groups in total. The monoisotopic (exact) mass is 620 g/mol. The van der Waals surface area contributed by atoms with Crippen LogP contribution in [-0.2, 0) is 0 Å². The molecule has 232 valence electrons. The van der Waals surface area contributed by atoms with E-state index in [4.69, 9.17) is 4.98 Å². The fourth-order valence-electron chi connectivity index (χ4n) is 6.50. The Balaban J connectivity index is 1.14. The summed E-state index contributed by atoms with van der Waals surface area (Å²) in [7, 11) is 0. The molecule has 48 heavy (non-hydrogen) atoms. The van der Waals surface area contributed by atoms with Crippen LogP contribution in [-0.4, -0.2) is 4.98 Å². The predicted molar refractivity (Wildman–Crippen MR) is 196 cm³/mol. The molecule has 1 fully saturated rings. The van der Waals surface area contributed by atoms with E-state index in [9.17, 15) is 0 Å². The van der Waals surface area contributed by atoms with Gasteiger partial charge in [-0.1, -0.05) is 158 Å². The van der Waals surface area contributed by atoms with Crippen LogP contribution in [0, 0.1) is 0 Å². The Labute approximate surface area is 282 Å². The average Bonchev–Trinajstić information content (AvgIpc) is 3.19. The highest BCUT2D eigenvalue weighted by Crippen LogP contribution is 2.34. The summed E-state index contributed by atoms with van der Waals surface area (Å²) in [5, 5.41) is 11.4. The quantitative estimate of drug-likeness (QED) is 0.166. The number of hydrogen-bond acceptors (Lipinski definition) is 4. The average molecular weight is 621 g/mol. The van der Waals surface area contributed by atoms with Crippen LogP contribution in [0.25, 0.3) is 44.8 Å². The van der Waals surface area contributed by atoms with E-state index >= 15 is 0 Å². The first-order chi connectivity index (χ1) is 23.8. The minimum atomic E-state index is -0.0672. The lowest BCUT2D eigenvalue weighted by atomic mass is 9.96. The van der Waals surface area contributed by atoms with Gasteiger partial charge in [-0.05, 0) is 63.2 Å². The van der Waals surface area contributed by atoms with Crippen molar-refractivity contribution in [3.63, 3.8) is 0 Å². The summed E-state index contributed by atoms with van der Waals surface area (Å²) in [4.78, 5) is 5.17. The molecule has 0 saturated carbocycles. The van der Waals surface area contributed by atoms with Crippen molar-refractivity contribution in [2.24, 2.45) is 0 Å². The molecule has 4 nitrogen and oxygen atoms in total. The minimum Gasteiger partial charge on any atom is -0.279 e. The van der Waals surface area contributed by atoms with Crippen LogP contribution in [0.4, 0.5) is 0 Å². The molecule has 4 heteroatoms. The zero-order chi connectivity index (χ0) is 32.1. The molecular weight excluding hydrogens is 585 g/mol. The van der Waals surface area contributed by atoms with Gasteiger partial charge in [-0.2, -0.15) is 0 Å². The molecule has 0 bridgehead atoms. The molecule has 7 aromatic rings. The second-order valence-electron chi connectivity index (χ2n) is 12.2. The SMILES string of the molecule is c1ccc(-c2cc(-c3ccccc3)nc(-c3cccc(-c4cccc(C5NC(c6ccccc6)NC(c6ccccc6)N5)c4)c3)c2)cc1. The van der Waals surface area contributed by atoms with Crippen LogP contribution < -0.4 is 16.0 Å². The van der Waals surface area contributed by atoms with Gasteiger partial charge in [-0.25, -0.2) is 4.98 Å². The molecular formula is C44H36N4. The lowest BCUT2D eigenvalue weighted by Gasteiger charge is -2.39. The Bertz CT molecular complexity index is 2010. The van der Waals surface area contributed by atoms with E-state index in [1.54, 1.807) is 0 Å². The molecule has 6 aromatic carbocycles. The van der Waals surface area contributed by atoms with Gasteiger partial charge in [0, 0.05) is 11.1 Å². The predicted octanol–water partition coefficient (Wildman–Crippen LogP) is 9.93. The maximum atomic E-state index is 5.17. The first-order valence-electron chi connectivity index (χ1n) is 16.5. The third-order valence-electron chi connectivity index (χ3n) is 8.98. The van der Waals surface area contributed by atoms with Gasteiger partial charge in [0.15, 0.2) is 0 Å². The summed E-state index contributed by atoms with van der Waals surface area (Å²) in [6.07, 6.45) is -0.102. The van der Waals surface area contributed by atoms with Crippen molar-refractivity contribution in [3.05, 3.63) is 199 Å². The third kappa shape index (κ3) is 6.46. The standard InChI is InChI=1S/C44H36N4/c1-5-15-31(16-6-1)39-29-40(32-17-7-2-8-18-32)45-41(30-39)37-25-13-23-35(27-37)36-24-14-26-38(28-36)44-47-42(33-19-9-3-10-20-33)46-43(48-44)34-21-11-4-12-22-34/h1-30,42-44,46-48H. The van der Waals surface area contributed by atoms with E-state index in [-0.39, 0.29) is 18.5 Å². The second kappa shape index (κ2) is 13.6. The molecule has 0 radical (unpaired) electrons. The van der Waals surface area contributed by atoms with Gasteiger partial charge in [0.1, 0.15) is 0 Å². The summed E-state index contributed by atoms with van der Waals surface area (Å²) < 4.78 is 0. The van der Waals surface area contributed by atoms with Gasteiger partial charge in [0.05, 0.1) is 29.9 Å². The van der Waals surface area contributed by atoms with Crippen LogP contribution >= 0.6 is 0 Å². The summed E-state index contributed by atoms with van der Waals surface area (Å²) >= 11 is 0. The molecule has 0 spiro atoms. The van der Waals surface area contributed by atoms with E-state index in [1.165, 1.54) is 22.3 Å². The van der Waals surface area contributed by atoms with Gasteiger partial charge in [0.2, 0.25) is 0 Å². The lowest BCUT2D eigenvalue weighted by Crippen LogP contribution is -2.54. The highest BCUT2D eigenvalue weighted by molar-refractivity contribution is 5.78. The summed E-state index contributed by atoms with van der Waals surface area (Å²) in [6, 6.07) is 64.1. The van der Waals surface area contributed by atoms with Crippen molar-refractivity contribution in [1.82, 2.24) is 20.9 Å². The number of hydrogen-bond donors (Lipinski definition) is 3. The third-order valence-corrected chi connectivity index (χ3v) is 8.98. The van der Waals surface area contributed by atoms with Gasteiger partial charge >= 0.3 is 0 Å². The maximum absolute atomic E-state index is 5.17. The second-order valence-corrected chi connectivity index (χ2v) is 12.2. The van der Waals surface area contributed by atoms with Crippen molar-refractivity contribution in [2.75, 3.05) is 0 Å². The number of rotatable bonds is 7. The lowest BCUT2D eigenvalue weighted by molar-refractivity contribution is 0.203. The Morgan fingerprint density at radius 1 is 0.292 bits per heavy atom. The zero-order valence-corrected chi connectivity index (χ0v) is 26.5. The molecule has 8 rings (SSSR count). The first-order valence-corrected chi connectivity index (χ1v) is 16.5. The summed E-state index contributed by atoms with van der Waals surface area (Å²) in [6.45, 7) is 0. The van der Waals surface area contributed by atoms with Gasteiger partial charge in [-0.3, -0.25) is 16.0 Å². The fourth-order valence-corrected chi connectivity index (χ4v) is 6.50. The molecule has 1 aliphatic rings. The Morgan fingerprint density at radius 2 is 0.688 bits per heavy atom. The van der Waals surface area contributed by atoms with Crippen molar-refractivity contribution < 1.29 is 0 Å². The van der Waals surface area contributed by atoms with Crippen molar-refractivity contribution in [2.45, 2.75) is 18.5 Å². The highest BCUT2D eigenvalue weighted by Gasteiger charge is 2.29. The van der Waals surface area contributed by atoms with E-state index in [0.717, 1.165) is 39.2 Å². The van der Waals surface area contributed by atoms with Gasteiger partial charge in [0.25, 0.3) is 0 Å². The molecule has 2 heterocycles. The summed E-state index contributed by atoms with van der Waals surface area (Å²) in [5.41, 5.74) is 12.3. The number of pyridine rings is 1. The van der Waals surface area contributed by atoms with Gasteiger partial charge in [-0.15, -0.1) is 0 Å². The molecule has 1 saturated heterocycles. The van der Waals surface area contributed by atoms with Crippen LogP contribution in [0.2, 0.25) is 0 Å². The summed E-state index contributed by atoms with van der Waals surface area (Å²) in [5.74, 6) is 0. The van der Waals surface area contributed by atoms with E-state index < -0.39 is 0 Å². The van der Waals surface area contributed by atoms with E-state index in [1.807, 2.05) is 6.07 Å². The smallest absolute Gasteiger partial charge is 0.0864 e. The maximum Gasteiger partial charge on any atom is 0.0864 e. The topological polar surface area (TPSA) is 49.0 Å². The number of nitrogens with one attached hydrogen (secondary N) is 3. The number of benzene rings is 6. The fraction of sp³-hybridized carbons (Fsp3) is 0.0682. The highest BCUT2D eigenvalue weighted by atomic mass is 15.4. The molecule has 2 atom stereocenters. The molecule has 1 aromatic heterocycles. The Hall–Kier alpha value is -5.65. The normalized spacial score (nSPS) is 17.5. The van der Waals surface area contributed by atoms with Gasteiger partial charge < -0.3 is 0 Å². The molecule has 0 amide bonds. The molecule has 0 aliphatic carbocycles. The van der Waals surface area contributed by atoms with Crippen LogP contribution in [0.15, 0.2) is 182 Å². The van der Waals surface area contributed by atoms with Crippen molar-refractivity contribution in [1.29, 1.82) is 0 Å². The minimum absolute atomic E-state index is 0.0172.